The second-order valence-corrected chi connectivity index (χ2v) is 5.49. The van der Waals surface area contributed by atoms with Crippen LogP contribution in [0.1, 0.15) is 23.2 Å². The van der Waals surface area contributed by atoms with E-state index in [1.54, 1.807) is 23.9 Å². The molecule has 0 aliphatic carbocycles. The number of nitrogens with one attached hydrogen (secondary N) is 1. The molecule has 1 aromatic carbocycles. The number of nitrogens with zero attached hydrogens (tertiary/aromatic N) is 2. The van der Waals surface area contributed by atoms with Crippen molar-refractivity contribution in [1.29, 1.82) is 0 Å². The molecule has 2 rings (SSSR count). The Hall–Kier alpha value is -2.24. The lowest BCUT2D eigenvalue weighted by atomic mass is 10.0. The summed E-state index contributed by atoms with van der Waals surface area (Å²) < 4.78 is 0. The van der Waals surface area contributed by atoms with E-state index in [1.807, 2.05) is 24.3 Å². The summed E-state index contributed by atoms with van der Waals surface area (Å²) in [6.45, 7) is 1.30. The van der Waals surface area contributed by atoms with Crippen LogP contribution in [0.5, 0.6) is 0 Å². The lowest BCUT2D eigenvalue weighted by molar-refractivity contribution is 0.0828. The molecule has 21 heavy (non-hydrogen) atoms. The van der Waals surface area contributed by atoms with E-state index in [1.165, 1.54) is 0 Å². The molecule has 0 aromatic heterocycles. The average Bonchev–Trinajstić information content (AvgIpc) is 2.47. The first-order valence-electron chi connectivity index (χ1n) is 7.10. The van der Waals surface area contributed by atoms with Gasteiger partial charge in [0.05, 0.1) is 5.56 Å². The SMILES string of the molecule is CN(C)C(=O)c1ccccc1NC1CCN(C(N)=O)CC1. The summed E-state index contributed by atoms with van der Waals surface area (Å²) >= 11 is 0. The number of primary amides is 1. The predicted octanol–water partition coefficient (Wildman–Crippen LogP) is 1.34. The Morgan fingerprint density at radius 1 is 1.24 bits per heavy atom. The normalized spacial score (nSPS) is 15.6. The summed E-state index contributed by atoms with van der Waals surface area (Å²) in [6, 6.07) is 7.39. The fraction of sp³-hybridized carbons (Fsp3) is 0.467. The minimum absolute atomic E-state index is 0.0207. The standard InChI is InChI=1S/C15H22N4O2/c1-18(2)14(20)12-5-3-4-6-13(12)17-11-7-9-19(10-8-11)15(16)21/h3-6,11,17H,7-10H2,1-2H3,(H2,16,21). The average molecular weight is 290 g/mol. The second-order valence-electron chi connectivity index (χ2n) is 5.49. The van der Waals surface area contributed by atoms with Gasteiger partial charge >= 0.3 is 6.03 Å². The van der Waals surface area contributed by atoms with Crippen LogP contribution in [0.15, 0.2) is 24.3 Å². The number of rotatable bonds is 3. The number of carbonyl (C=O) groups is 2. The van der Waals surface area contributed by atoms with E-state index in [-0.39, 0.29) is 18.0 Å². The molecule has 0 bridgehead atoms. The van der Waals surface area contributed by atoms with Crippen molar-refractivity contribution in [3.05, 3.63) is 29.8 Å². The second kappa shape index (κ2) is 6.47. The van der Waals surface area contributed by atoms with Gasteiger partial charge in [0.1, 0.15) is 0 Å². The molecule has 6 nitrogen and oxygen atoms in total. The molecular formula is C15H22N4O2. The largest absolute Gasteiger partial charge is 0.382 e. The maximum atomic E-state index is 12.2. The van der Waals surface area contributed by atoms with Gasteiger partial charge in [0, 0.05) is 38.9 Å². The number of benzene rings is 1. The highest BCUT2D eigenvalue weighted by Gasteiger charge is 2.22. The summed E-state index contributed by atoms with van der Waals surface area (Å²) in [7, 11) is 3.48. The molecule has 1 fully saturated rings. The van der Waals surface area contributed by atoms with Gasteiger partial charge < -0.3 is 20.9 Å². The van der Waals surface area contributed by atoms with Crippen LogP contribution in [0, 0.1) is 0 Å². The third-order valence-corrected chi connectivity index (χ3v) is 3.73. The predicted molar refractivity (Wildman–Crippen MR) is 82.3 cm³/mol. The van der Waals surface area contributed by atoms with Gasteiger partial charge in [-0.25, -0.2) is 4.79 Å². The molecule has 0 unspecified atom stereocenters. The number of anilines is 1. The summed E-state index contributed by atoms with van der Waals surface area (Å²) in [4.78, 5) is 26.5. The fourth-order valence-corrected chi connectivity index (χ4v) is 2.50. The minimum Gasteiger partial charge on any atom is -0.382 e. The zero-order valence-electron chi connectivity index (χ0n) is 12.5. The molecule has 3 amide bonds. The minimum atomic E-state index is -0.364. The summed E-state index contributed by atoms with van der Waals surface area (Å²) in [5.74, 6) is -0.0207. The van der Waals surface area contributed by atoms with Crippen molar-refractivity contribution in [1.82, 2.24) is 9.80 Å². The topological polar surface area (TPSA) is 78.7 Å². The van der Waals surface area contributed by atoms with Gasteiger partial charge in [-0.1, -0.05) is 12.1 Å². The number of para-hydroxylation sites is 1. The third-order valence-electron chi connectivity index (χ3n) is 3.73. The Balaban J connectivity index is 2.04. The molecule has 0 spiro atoms. The summed E-state index contributed by atoms with van der Waals surface area (Å²) in [5.41, 5.74) is 6.79. The van der Waals surface area contributed by atoms with Crippen molar-refractivity contribution >= 4 is 17.6 Å². The van der Waals surface area contributed by atoms with E-state index in [0.717, 1.165) is 18.5 Å². The molecule has 1 saturated heterocycles. The van der Waals surface area contributed by atoms with Gasteiger partial charge in [-0.15, -0.1) is 0 Å². The first-order chi connectivity index (χ1) is 9.99. The van der Waals surface area contributed by atoms with Crippen molar-refractivity contribution < 1.29 is 9.59 Å². The molecule has 0 radical (unpaired) electrons. The van der Waals surface area contributed by atoms with Crippen LogP contribution in [-0.4, -0.2) is 55.0 Å². The highest BCUT2D eigenvalue weighted by Crippen LogP contribution is 2.21. The number of nitrogens with two attached hydrogens (primary N) is 1. The number of urea groups is 1. The summed E-state index contributed by atoms with van der Waals surface area (Å²) in [6.07, 6.45) is 1.65. The lowest BCUT2D eigenvalue weighted by Crippen LogP contribution is -2.44. The number of amides is 3. The van der Waals surface area contributed by atoms with Gasteiger partial charge in [-0.05, 0) is 25.0 Å². The fourth-order valence-electron chi connectivity index (χ4n) is 2.50. The van der Waals surface area contributed by atoms with Crippen LogP contribution < -0.4 is 11.1 Å². The number of likely N-dealkylation sites (tertiary alicyclic amines) is 1. The molecule has 1 aliphatic rings. The number of carbonyl (C=O) groups excluding carboxylic acids is 2. The van der Waals surface area contributed by atoms with Crippen molar-refractivity contribution in [3.8, 4) is 0 Å². The number of piperidine rings is 1. The Bertz CT molecular complexity index is 522. The van der Waals surface area contributed by atoms with Crippen LogP contribution in [0.25, 0.3) is 0 Å². The Labute approximate surface area is 124 Å². The van der Waals surface area contributed by atoms with Gasteiger partial charge in [0.2, 0.25) is 0 Å². The van der Waals surface area contributed by atoms with Crippen molar-refractivity contribution in [2.24, 2.45) is 5.73 Å². The first-order valence-corrected chi connectivity index (χ1v) is 7.10. The molecule has 114 valence electrons. The zero-order chi connectivity index (χ0) is 15.4. The molecule has 0 atom stereocenters. The maximum absolute atomic E-state index is 12.2. The molecule has 6 heteroatoms. The number of hydrogen-bond donors (Lipinski definition) is 2. The van der Waals surface area contributed by atoms with Crippen LogP contribution in [0.3, 0.4) is 0 Å². The first kappa shape index (κ1) is 15.2. The Morgan fingerprint density at radius 2 is 1.86 bits per heavy atom. The molecule has 1 aliphatic heterocycles. The Morgan fingerprint density at radius 3 is 2.43 bits per heavy atom. The molecular weight excluding hydrogens is 268 g/mol. The van der Waals surface area contributed by atoms with E-state index >= 15 is 0 Å². The van der Waals surface area contributed by atoms with Crippen LogP contribution >= 0.6 is 0 Å². The maximum Gasteiger partial charge on any atom is 0.314 e. The van der Waals surface area contributed by atoms with E-state index in [4.69, 9.17) is 5.73 Å². The smallest absolute Gasteiger partial charge is 0.314 e. The van der Waals surface area contributed by atoms with E-state index < -0.39 is 0 Å². The number of hydrogen-bond acceptors (Lipinski definition) is 3. The highest BCUT2D eigenvalue weighted by molar-refractivity contribution is 5.99. The van der Waals surface area contributed by atoms with Crippen LogP contribution in [0.2, 0.25) is 0 Å². The molecule has 1 heterocycles. The zero-order valence-corrected chi connectivity index (χ0v) is 12.5. The van der Waals surface area contributed by atoms with Gasteiger partial charge in [-0.2, -0.15) is 0 Å². The van der Waals surface area contributed by atoms with Crippen LogP contribution in [0.4, 0.5) is 10.5 Å². The third kappa shape index (κ3) is 3.65. The van der Waals surface area contributed by atoms with Gasteiger partial charge in [0.15, 0.2) is 0 Å². The van der Waals surface area contributed by atoms with Gasteiger partial charge in [-0.3, -0.25) is 4.79 Å². The highest BCUT2D eigenvalue weighted by atomic mass is 16.2. The molecule has 0 saturated carbocycles. The van der Waals surface area contributed by atoms with E-state index in [0.29, 0.717) is 18.7 Å². The molecule has 3 N–H and O–H groups in total. The summed E-state index contributed by atoms with van der Waals surface area (Å²) in [5, 5.41) is 3.42. The lowest BCUT2D eigenvalue weighted by Gasteiger charge is -2.32. The van der Waals surface area contributed by atoms with Crippen molar-refractivity contribution in [2.75, 3.05) is 32.5 Å². The monoisotopic (exact) mass is 290 g/mol. The van der Waals surface area contributed by atoms with Crippen molar-refractivity contribution in [2.45, 2.75) is 18.9 Å². The van der Waals surface area contributed by atoms with E-state index in [9.17, 15) is 9.59 Å². The van der Waals surface area contributed by atoms with Gasteiger partial charge in [0.25, 0.3) is 5.91 Å². The van der Waals surface area contributed by atoms with Crippen LogP contribution in [-0.2, 0) is 0 Å². The molecule has 1 aromatic rings. The van der Waals surface area contributed by atoms with Crippen molar-refractivity contribution in [3.63, 3.8) is 0 Å². The quantitative estimate of drug-likeness (QED) is 0.882. The Kier molecular flexibility index (Phi) is 4.67. The van der Waals surface area contributed by atoms with E-state index in [2.05, 4.69) is 5.32 Å².